The molecular weight excluding hydrogens is 401 g/mol. The van der Waals surface area contributed by atoms with Gasteiger partial charge in [0.1, 0.15) is 5.75 Å². The van der Waals surface area contributed by atoms with Gasteiger partial charge in [-0.25, -0.2) is 4.79 Å². The number of halogens is 4. The van der Waals surface area contributed by atoms with E-state index in [0.29, 0.717) is 22.2 Å². The summed E-state index contributed by atoms with van der Waals surface area (Å²) in [7, 11) is 0. The van der Waals surface area contributed by atoms with E-state index in [2.05, 4.69) is 15.4 Å². The molecular formula is C18H16ClF3N2O4. The molecule has 2 rings (SSSR count). The van der Waals surface area contributed by atoms with Crippen molar-refractivity contribution in [3.63, 3.8) is 0 Å². The second kappa shape index (κ2) is 9.84. The Hall–Kier alpha value is -2.94. The molecule has 28 heavy (non-hydrogen) atoms. The Morgan fingerprint density at radius 1 is 1.00 bits per heavy atom. The molecule has 0 aliphatic carbocycles. The van der Waals surface area contributed by atoms with Crippen LogP contribution in [0.3, 0.4) is 0 Å². The zero-order valence-electron chi connectivity index (χ0n) is 14.4. The summed E-state index contributed by atoms with van der Waals surface area (Å²) in [6.45, 7) is -1.89. The van der Waals surface area contributed by atoms with Gasteiger partial charge in [-0.2, -0.15) is 13.2 Å². The molecule has 2 aromatic rings. The normalized spacial score (nSPS) is 10.9. The van der Waals surface area contributed by atoms with Gasteiger partial charge in [0.25, 0.3) is 0 Å². The summed E-state index contributed by atoms with van der Waals surface area (Å²) < 4.78 is 45.5. The largest absolute Gasteiger partial charge is 0.454 e. The number of alkyl carbamates (subject to hydrolysis) is 1. The van der Waals surface area contributed by atoms with Crippen LogP contribution in [0.1, 0.15) is 6.42 Å². The summed E-state index contributed by atoms with van der Waals surface area (Å²) in [4.78, 5) is 23.1. The lowest BCUT2D eigenvalue weighted by molar-refractivity contribution is -0.160. The first-order valence-corrected chi connectivity index (χ1v) is 8.41. The zero-order chi connectivity index (χ0) is 20.6. The molecule has 0 fully saturated rings. The highest BCUT2D eigenvalue weighted by Gasteiger charge is 2.29. The molecule has 2 N–H and O–H groups in total. The molecule has 150 valence electrons. The number of anilines is 1. The van der Waals surface area contributed by atoms with Crippen LogP contribution < -0.4 is 15.4 Å². The number of para-hydroxylation sites is 3. The highest BCUT2D eigenvalue weighted by atomic mass is 35.5. The second-order valence-electron chi connectivity index (χ2n) is 5.44. The average molecular weight is 417 g/mol. The standard InChI is InChI=1S/C18H16ClF3N2O4/c19-12-5-1-3-7-14(12)28-15-8-4-2-6-13(15)24-16(25)9-10-23-17(26)27-11-18(20,21)22/h1-8H,9-11H2,(H,23,26)(H,24,25). The van der Waals surface area contributed by atoms with E-state index in [4.69, 9.17) is 16.3 Å². The van der Waals surface area contributed by atoms with E-state index in [1.807, 2.05) is 0 Å². The summed E-state index contributed by atoms with van der Waals surface area (Å²) in [5, 5.41) is 5.06. The predicted molar refractivity (Wildman–Crippen MR) is 96.6 cm³/mol. The van der Waals surface area contributed by atoms with Crippen molar-refractivity contribution in [3.05, 3.63) is 53.6 Å². The van der Waals surface area contributed by atoms with Crippen LogP contribution >= 0.6 is 11.6 Å². The van der Waals surface area contributed by atoms with Gasteiger partial charge in [-0.1, -0.05) is 35.9 Å². The molecule has 0 saturated carbocycles. The lowest BCUT2D eigenvalue weighted by atomic mass is 10.2. The van der Waals surface area contributed by atoms with E-state index < -0.39 is 24.8 Å². The summed E-state index contributed by atoms with van der Waals surface area (Å²) in [6.07, 6.45) is -6.05. The summed E-state index contributed by atoms with van der Waals surface area (Å²) in [5.74, 6) is 0.271. The Bertz CT molecular complexity index is 830. The van der Waals surface area contributed by atoms with Crippen molar-refractivity contribution in [2.45, 2.75) is 12.6 Å². The molecule has 2 aromatic carbocycles. The number of nitrogens with one attached hydrogen (secondary N) is 2. The Morgan fingerprint density at radius 2 is 1.64 bits per heavy atom. The lowest BCUT2D eigenvalue weighted by Gasteiger charge is -2.13. The highest BCUT2D eigenvalue weighted by Crippen LogP contribution is 2.33. The first-order chi connectivity index (χ1) is 13.2. The first-order valence-electron chi connectivity index (χ1n) is 8.03. The number of hydrogen-bond donors (Lipinski definition) is 2. The molecule has 0 saturated heterocycles. The molecule has 0 atom stereocenters. The number of benzene rings is 2. The number of ether oxygens (including phenoxy) is 2. The third-order valence-electron chi connectivity index (χ3n) is 3.21. The molecule has 0 unspecified atom stereocenters. The van der Waals surface area contributed by atoms with Crippen LogP contribution in [0.2, 0.25) is 5.02 Å². The molecule has 0 aromatic heterocycles. The fourth-order valence-electron chi connectivity index (χ4n) is 1.99. The number of amides is 2. The van der Waals surface area contributed by atoms with Gasteiger partial charge >= 0.3 is 12.3 Å². The van der Waals surface area contributed by atoms with Crippen molar-refractivity contribution in [1.29, 1.82) is 0 Å². The van der Waals surface area contributed by atoms with Gasteiger partial charge < -0.3 is 20.1 Å². The minimum Gasteiger partial charge on any atom is -0.454 e. The lowest BCUT2D eigenvalue weighted by Crippen LogP contribution is -2.31. The average Bonchev–Trinajstić information content (AvgIpc) is 2.63. The molecule has 0 heterocycles. The molecule has 0 aliphatic rings. The summed E-state index contributed by atoms with van der Waals surface area (Å²) in [6, 6.07) is 13.4. The molecule has 0 radical (unpaired) electrons. The van der Waals surface area contributed by atoms with Crippen molar-refractivity contribution < 1.29 is 32.2 Å². The first kappa shape index (κ1) is 21.4. The van der Waals surface area contributed by atoms with E-state index in [-0.39, 0.29) is 13.0 Å². The number of carbonyl (C=O) groups excluding carboxylic acids is 2. The summed E-state index contributed by atoms with van der Waals surface area (Å²) in [5.41, 5.74) is 0.368. The minimum absolute atomic E-state index is 0.179. The Kier molecular flexibility index (Phi) is 7.51. The fourth-order valence-corrected chi connectivity index (χ4v) is 2.17. The predicted octanol–water partition coefficient (Wildman–Crippen LogP) is 4.75. The summed E-state index contributed by atoms with van der Waals surface area (Å²) >= 11 is 6.05. The van der Waals surface area contributed by atoms with Crippen LogP contribution in [-0.4, -0.2) is 31.3 Å². The monoisotopic (exact) mass is 416 g/mol. The van der Waals surface area contributed by atoms with Crippen LogP contribution in [-0.2, 0) is 9.53 Å². The molecule has 2 amide bonds. The van der Waals surface area contributed by atoms with E-state index in [1.165, 1.54) is 0 Å². The van der Waals surface area contributed by atoms with Gasteiger partial charge in [0.2, 0.25) is 5.91 Å². The van der Waals surface area contributed by atoms with Crippen molar-refractivity contribution in [2.75, 3.05) is 18.5 Å². The van der Waals surface area contributed by atoms with E-state index >= 15 is 0 Å². The highest BCUT2D eigenvalue weighted by molar-refractivity contribution is 6.32. The second-order valence-corrected chi connectivity index (χ2v) is 5.85. The molecule has 0 bridgehead atoms. The number of hydrogen-bond acceptors (Lipinski definition) is 4. The van der Waals surface area contributed by atoms with E-state index in [1.54, 1.807) is 48.5 Å². The van der Waals surface area contributed by atoms with Crippen LogP contribution in [0.5, 0.6) is 11.5 Å². The van der Waals surface area contributed by atoms with Crippen molar-refractivity contribution >= 4 is 29.3 Å². The maximum atomic E-state index is 12.0. The van der Waals surface area contributed by atoms with Crippen molar-refractivity contribution in [2.24, 2.45) is 0 Å². The van der Waals surface area contributed by atoms with Crippen LogP contribution in [0.4, 0.5) is 23.7 Å². The van der Waals surface area contributed by atoms with Gasteiger partial charge in [-0.3, -0.25) is 4.79 Å². The van der Waals surface area contributed by atoms with E-state index in [9.17, 15) is 22.8 Å². The SMILES string of the molecule is O=C(CCNC(=O)OCC(F)(F)F)Nc1ccccc1Oc1ccccc1Cl. The topological polar surface area (TPSA) is 76.7 Å². The van der Waals surface area contributed by atoms with Crippen LogP contribution in [0, 0.1) is 0 Å². The third-order valence-corrected chi connectivity index (χ3v) is 3.52. The number of alkyl halides is 3. The Morgan fingerprint density at radius 3 is 2.32 bits per heavy atom. The molecule has 0 aliphatic heterocycles. The molecule has 6 nitrogen and oxygen atoms in total. The van der Waals surface area contributed by atoms with Crippen LogP contribution in [0.25, 0.3) is 0 Å². The third kappa shape index (κ3) is 7.36. The van der Waals surface area contributed by atoms with Gasteiger partial charge in [-0.05, 0) is 24.3 Å². The molecule has 0 spiro atoms. The zero-order valence-corrected chi connectivity index (χ0v) is 15.1. The minimum atomic E-state index is -4.61. The van der Waals surface area contributed by atoms with Crippen molar-refractivity contribution in [1.82, 2.24) is 5.32 Å². The van der Waals surface area contributed by atoms with E-state index in [0.717, 1.165) is 0 Å². The van der Waals surface area contributed by atoms with Gasteiger partial charge in [-0.15, -0.1) is 0 Å². The van der Waals surface area contributed by atoms with Crippen molar-refractivity contribution in [3.8, 4) is 11.5 Å². The number of rotatable bonds is 7. The van der Waals surface area contributed by atoms with Gasteiger partial charge in [0, 0.05) is 13.0 Å². The van der Waals surface area contributed by atoms with Gasteiger partial charge in [0.05, 0.1) is 10.7 Å². The maximum Gasteiger partial charge on any atom is 0.422 e. The maximum absolute atomic E-state index is 12.0. The fraction of sp³-hybridized carbons (Fsp3) is 0.222. The molecule has 10 heteroatoms. The smallest absolute Gasteiger partial charge is 0.422 e. The Labute approximate surface area is 163 Å². The quantitative estimate of drug-likeness (QED) is 0.683. The van der Waals surface area contributed by atoms with Gasteiger partial charge in [0.15, 0.2) is 12.4 Å². The Balaban J connectivity index is 1.86. The number of carbonyl (C=O) groups is 2. The van der Waals surface area contributed by atoms with Crippen LogP contribution in [0.15, 0.2) is 48.5 Å².